The Bertz CT molecular complexity index is 306. The summed E-state index contributed by atoms with van der Waals surface area (Å²) in [5.41, 5.74) is -0.441. The summed E-state index contributed by atoms with van der Waals surface area (Å²) >= 11 is 5.20. The topological polar surface area (TPSA) is 45.8 Å². The van der Waals surface area contributed by atoms with Crippen LogP contribution in [0.15, 0.2) is 0 Å². The van der Waals surface area contributed by atoms with Crippen molar-refractivity contribution in [2.75, 3.05) is 0 Å². The minimum absolute atomic E-state index is 0.147. The third-order valence-corrected chi connectivity index (χ3v) is 1.35. The Morgan fingerprint density at radius 3 is 2.33 bits per heavy atom. The second-order valence-electron chi connectivity index (χ2n) is 1.90. The third-order valence-electron chi connectivity index (χ3n) is 1.07. The van der Waals surface area contributed by atoms with Crippen molar-refractivity contribution in [3.63, 3.8) is 0 Å². The minimum Gasteiger partial charge on any atom is -0.325 e. The van der Waals surface area contributed by atoms with E-state index >= 15 is 0 Å². The molecule has 0 saturated heterocycles. The molecule has 1 heterocycles. The van der Waals surface area contributed by atoms with E-state index in [1.165, 1.54) is 0 Å². The second-order valence-corrected chi connectivity index (χ2v) is 2.28. The molecule has 0 fully saturated rings. The molecule has 3 nitrogen and oxygen atoms in total. The zero-order valence-electron chi connectivity index (χ0n) is 5.44. The molecule has 1 N–H and O–H groups in total. The van der Waals surface area contributed by atoms with Crippen LogP contribution in [0.3, 0.4) is 0 Å². The fourth-order valence-electron chi connectivity index (χ4n) is 0.578. The van der Waals surface area contributed by atoms with Gasteiger partial charge in [0.1, 0.15) is 10.8 Å². The molecule has 12 heavy (non-hydrogen) atoms. The van der Waals surface area contributed by atoms with Crippen molar-refractivity contribution in [1.29, 1.82) is 0 Å². The maximum Gasteiger partial charge on any atom is 0.449 e. The molecule has 0 unspecified atom stereocenters. The van der Waals surface area contributed by atoms with Crippen molar-refractivity contribution in [3.8, 4) is 0 Å². The van der Waals surface area contributed by atoms with E-state index in [0.717, 1.165) is 0 Å². The number of carbonyl (C=O) groups excluding carboxylic acids is 1. The summed E-state index contributed by atoms with van der Waals surface area (Å²) in [6.07, 6.45) is -4.46. The van der Waals surface area contributed by atoms with Gasteiger partial charge in [-0.3, -0.25) is 4.79 Å². The van der Waals surface area contributed by atoms with Crippen LogP contribution in [0.25, 0.3) is 0 Å². The Hall–Kier alpha value is -1.04. The first kappa shape index (κ1) is 9.05. The van der Waals surface area contributed by atoms with Gasteiger partial charge in [0, 0.05) is 0 Å². The highest BCUT2D eigenvalue weighted by molar-refractivity contribution is 6.31. The molecule has 1 aromatic rings. The molecule has 0 saturated carbocycles. The largest absolute Gasteiger partial charge is 0.449 e. The summed E-state index contributed by atoms with van der Waals surface area (Å²) < 4.78 is 35.5. The number of aromatic amines is 1. The predicted octanol–water partition coefficient (Wildman–Crippen LogP) is 1.89. The summed E-state index contributed by atoms with van der Waals surface area (Å²) in [6, 6.07) is 0. The fourth-order valence-corrected chi connectivity index (χ4v) is 0.754. The normalized spacial score (nSPS) is 11.7. The molecule has 0 aliphatic heterocycles. The first-order valence-electron chi connectivity index (χ1n) is 2.73. The Kier molecular flexibility index (Phi) is 2.10. The van der Waals surface area contributed by atoms with E-state index < -0.39 is 22.8 Å². The van der Waals surface area contributed by atoms with Gasteiger partial charge in [0.2, 0.25) is 5.82 Å². The molecule has 1 aromatic heterocycles. The number of H-pyrrole nitrogens is 1. The van der Waals surface area contributed by atoms with Crippen LogP contribution in [0.5, 0.6) is 0 Å². The van der Waals surface area contributed by atoms with E-state index in [0.29, 0.717) is 0 Å². The Morgan fingerprint density at radius 2 is 2.08 bits per heavy atom. The molecule has 0 aliphatic rings. The number of nitrogens with zero attached hydrogens (tertiary/aromatic N) is 1. The smallest absolute Gasteiger partial charge is 0.325 e. The molecule has 0 radical (unpaired) electrons. The van der Waals surface area contributed by atoms with Gasteiger partial charge in [-0.25, -0.2) is 4.98 Å². The number of aromatic nitrogens is 2. The maximum absolute atomic E-state index is 11.8. The number of hydrogen-bond acceptors (Lipinski definition) is 2. The number of carbonyl (C=O) groups is 1. The van der Waals surface area contributed by atoms with E-state index in [1.54, 1.807) is 4.98 Å². The van der Waals surface area contributed by atoms with Crippen molar-refractivity contribution < 1.29 is 18.0 Å². The number of imidazole rings is 1. The number of halogens is 4. The summed E-state index contributed by atoms with van der Waals surface area (Å²) in [7, 11) is 0. The van der Waals surface area contributed by atoms with Gasteiger partial charge in [0.25, 0.3) is 0 Å². The molecular weight excluding hydrogens is 197 g/mol. The van der Waals surface area contributed by atoms with E-state index in [-0.39, 0.29) is 6.29 Å². The number of nitrogens with one attached hydrogen (secondary N) is 1. The van der Waals surface area contributed by atoms with Crippen molar-refractivity contribution in [2.24, 2.45) is 0 Å². The highest BCUT2D eigenvalue weighted by Gasteiger charge is 2.35. The van der Waals surface area contributed by atoms with Gasteiger partial charge >= 0.3 is 6.18 Å². The van der Waals surface area contributed by atoms with Crippen molar-refractivity contribution in [1.82, 2.24) is 9.97 Å². The highest BCUT2D eigenvalue weighted by atomic mass is 35.5. The van der Waals surface area contributed by atoms with Crippen LogP contribution in [-0.4, -0.2) is 16.3 Å². The van der Waals surface area contributed by atoms with Crippen LogP contribution in [0, 0.1) is 0 Å². The van der Waals surface area contributed by atoms with Gasteiger partial charge in [-0.2, -0.15) is 13.2 Å². The van der Waals surface area contributed by atoms with E-state index in [4.69, 9.17) is 11.6 Å². The Morgan fingerprint density at radius 1 is 1.50 bits per heavy atom. The first-order chi connectivity index (χ1) is 5.45. The van der Waals surface area contributed by atoms with Gasteiger partial charge < -0.3 is 4.98 Å². The lowest BCUT2D eigenvalue weighted by molar-refractivity contribution is -0.144. The van der Waals surface area contributed by atoms with Crippen molar-refractivity contribution in [2.45, 2.75) is 6.18 Å². The van der Waals surface area contributed by atoms with Crippen LogP contribution in [0.1, 0.15) is 16.3 Å². The van der Waals surface area contributed by atoms with Crippen molar-refractivity contribution in [3.05, 3.63) is 16.7 Å². The maximum atomic E-state index is 11.8. The van der Waals surface area contributed by atoms with Crippen LogP contribution in [0.2, 0.25) is 5.15 Å². The zero-order chi connectivity index (χ0) is 9.35. The van der Waals surface area contributed by atoms with Gasteiger partial charge in [-0.15, -0.1) is 0 Å². The summed E-state index contributed by atoms with van der Waals surface area (Å²) in [6.45, 7) is 0. The Balaban J connectivity index is 3.13. The molecule has 0 aromatic carbocycles. The molecule has 0 spiro atoms. The number of hydrogen-bond donors (Lipinski definition) is 1. The standard InChI is InChI=1S/C5H2ClF3N2O/c6-3-2(1-12)10-4(11-3)5(7,8)9/h1H,(H,10,11). The van der Waals surface area contributed by atoms with Gasteiger partial charge in [0.05, 0.1) is 0 Å². The average Bonchev–Trinajstić information content (AvgIpc) is 2.29. The predicted molar refractivity (Wildman–Crippen MR) is 34.0 cm³/mol. The molecule has 66 valence electrons. The summed E-state index contributed by atoms with van der Waals surface area (Å²) in [5.74, 6) is -1.27. The van der Waals surface area contributed by atoms with Crippen LogP contribution < -0.4 is 0 Å². The van der Waals surface area contributed by atoms with Crippen LogP contribution in [-0.2, 0) is 6.18 Å². The van der Waals surface area contributed by atoms with E-state index in [2.05, 4.69) is 4.98 Å². The number of aldehydes is 1. The SMILES string of the molecule is O=Cc1nc(C(F)(F)F)[nH]c1Cl. The third kappa shape index (κ3) is 1.58. The molecule has 1 rings (SSSR count). The summed E-state index contributed by atoms with van der Waals surface area (Å²) in [4.78, 5) is 14.7. The minimum atomic E-state index is -4.61. The van der Waals surface area contributed by atoms with E-state index in [9.17, 15) is 18.0 Å². The molecule has 0 aliphatic carbocycles. The molecule has 0 bridgehead atoms. The lowest BCUT2D eigenvalue weighted by atomic mass is 10.5. The van der Waals surface area contributed by atoms with Gasteiger partial charge in [-0.1, -0.05) is 11.6 Å². The quantitative estimate of drug-likeness (QED) is 0.701. The number of rotatable bonds is 1. The zero-order valence-corrected chi connectivity index (χ0v) is 6.20. The Labute approximate surface area is 69.6 Å². The monoisotopic (exact) mass is 198 g/mol. The molecule has 0 amide bonds. The second kappa shape index (κ2) is 2.78. The van der Waals surface area contributed by atoms with Crippen LogP contribution in [0.4, 0.5) is 13.2 Å². The van der Waals surface area contributed by atoms with Gasteiger partial charge in [0.15, 0.2) is 6.29 Å². The van der Waals surface area contributed by atoms with Gasteiger partial charge in [-0.05, 0) is 0 Å². The van der Waals surface area contributed by atoms with Crippen LogP contribution >= 0.6 is 11.6 Å². The molecule has 7 heteroatoms. The van der Waals surface area contributed by atoms with Crippen molar-refractivity contribution >= 4 is 17.9 Å². The fraction of sp³-hybridized carbons (Fsp3) is 0.200. The van der Waals surface area contributed by atoms with E-state index in [1.807, 2.05) is 0 Å². The molecule has 0 atom stereocenters. The lowest BCUT2D eigenvalue weighted by Gasteiger charge is -1.98. The lowest BCUT2D eigenvalue weighted by Crippen LogP contribution is -2.07. The number of alkyl halides is 3. The summed E-state index contributed by atoms with van der Waals surface area (Å²) in [5, 5.41) is -0.405. The highest BCUT2D eigenvalue weighted by Crippen LogP contribution is 2.28. The molecular formula is C5H2ClF3N2O. The first-order valence-corrected chi connectivity index (χ1v) is 3.11. The average molecular weight is 199 g/mol.